The minimum atomic E-state index is 0.0471. The van der Waals surface area contributed by atoms with Crippen molar-refractivity contribution in [1.29, 1.82) is 0 Å². The highest BCUT2D eigenvalue weighted by atomic mass is 16.5. The number of carbonyl (C=O) groups is 1. The van der Waals surface area contributed by atoms with E-state index in [4.69, 9.17) is 4.74 Å². The predicted molar refractivity (Wildman–Crippen MR) is 70.0 cm³/mol. The zero-order valence-electron chi connectivity index (χ0n) is 10.6. The van der Waals surface area contributed by atoms with Crippen LogP contribution in [0.2, 0.25) is 0 Å². The first-order chi connectivity index (χ1) is 8.21. The molecule has 0 N–H and O–H groups in total. The first kappa shape index (κ1) is 13.3. The van der Waals surface area contributed by atoms with E-state index in [1.807, 2.05) is 44.2 Å². The maximum absolute atomic E-state index is 11.7. The van der Waals surface area contributed by atoms with Crippen molar-refractivity contribution >= 4 is 12.0 Å². The number of amides is 1. The van der Waals surface area contributed by atoms with E-state index in [1.165, 1.54) is 0 Å². The Bertz CT molecular complexity index is 378. The monoisotopic (exact) mass is 233 g/mol. The molecular weight excluding hydrogens is 214 g/mol. The molecule has 0 saturated carbocycles. The second kappa shape index (κ2) is 6.74. The SMILES string of the molecule is CCN(CC)C(=O)/C=C/c1ccc(OC)cc1. The van der Waals surface area contributed by atoms with E-state index >= 15 is 0 Å². The van der Waals surface area contributed by atoms with E-state index in [2.05, 4.69) is 0 Å². The van der Waals surface area contributed by atoms with Crippen LogP contribution >= 0.6 is 0 Å². The second-order valence-electron chi connectivity index (χ2n) is 3.62. The fraction of sp³-hybridized carbons (Fsp3) is 0.357. The van der Waals surface area contributed by atoms with Gasteiger partial charge in [-0.1, -0.05) is 12.1 Å². The van der Waals surface area contributed by atoms with Gasteiger partial charge in [0.2, 0.25) is 5.91 Å². The molecule has 0 unspecified atom stereocenters. The summed E-state index contributed by atoms with van der Waals surface area (Å²) in [5.41, 5.74) is 0.992. The molecular formula is C14H19NO2. The van der Waals surface area contributed by atoms with Gasteiger partial charge in [0, 0.05) is 19.2 Å². The molecule has 92 valence electrons. The van der Waals surface area contributed by atoms with Gasteiger partial charge in [0.1, 0.15) is 5.75 Å². The van der Waals surface area contributed by atoms with Crippen LogP contribution < -0.4 is 4.74 Å². The Morgan fingerprint density at radius 2 is 1.82 bits per heavy atom. The van der Waals surface area contributed by atoms with Gasteiger partial charge in [-0.05, 0) is 37.6 Å². The number of benzene rings is 1. The van der Waals surface area contributed by atoms with Crippen LogP contribution in [0.5, 0.6) is 5.75 Å². The molecule has 0 aliphatic rings. The largest absolute Gasteiger partial charge is 0.497 e. The van der Waals surface area contributed by atoms with Gasteiger partial charge in [0.05, 0.1) is 7.11 Å². The first-order valence-electron chi connectivity index (χ1n) is 5.82. The van der Waals surface area contributed by atoms with Crippen molar-refractivity contribution in [2.75, 3.05) is 20.2 Å². The van der Waals surface area contributed by atoms with E-state index < -0.39 is 0 Å². The summed E-state index contributed by atoms with van der Waals surface area (Å²) in [4.78, 5) is 13.5. The van der Waals surface area contributed by atoms with E-state index in [0.29, 0.717) is 0 Å². The molecule has 3 nitrogen and oxygen atoms in total. The van der Waals surface area contributed by atoms with Crippen LogP contribution in [0.15, 0.2) is 30.3 Å². The molecule has 0 aliphatic heterocycles. The Hall–Kier alpha value is -1.77. The Morgan fingerprint density at radius 1 is 1.24 bits per heavy atom. The molecule has 0 saturated heterocycles. The third-order valence-corrected chi connectivity index (χ3v) is 2.61. The fourth-order valence-electron chi connectivity index (χ4n) is 1.52. The van der Waals surface area contributed by atoms with Crippen molar-refractivity contribution in [2.24, 2.45) is 0 Å². The molecule has 0 heterocycles. The summed E-state index contributed by atoms with van der Waals surface area (Å²) in [5.74, 6) is 0.864. The van der Waals surface area contributed by atoms with E-state index in [1.54, 1.807) is 18.1 Å². The third-order valence-electron chi connectivity index (χ3n) is 2.61. The summed E-state index contributed by atoms with van der Waals surface area (Å²) in [6.45, 7) is 5.43. The topological polar surface area (TPSA) is 29.5 Å². The average Bonchev–Trinajstić information content (AvgIpc) is 2.38. The second-order valence-corrected chi connectivity index (χ2v) is 3.62. The molecule has 1 amide bonds. The summed E-state index contributed by atoms with van der Waals surface area (Å²) >= 11 is 0. The van der Waals surface area contributed by atoms with Crippen LogP contribution in [0.25, 0.3) is 6.08 Å². The summed E-state index contributed by atoms with van der Waals surface area (Å²) in [6, 6.07) is 7.60. The number of carbonyl (C=O) groups excluding carboxylic acids is 1. The highest BCUT2D eigenvalue weighted by Gasteiger charge is 2.04. The van der Waals surface area contributed by atoms with E-state index in [-0.39, 0.29) is 5.91 Å². The highest BCUT2D eigenvalue weighted by molar-refractivity contribution is 5.91. The van der Waals surface area contributed by atoms with Gasteiger partial charge in [-0.25, -0.2) is 0 Å². The van der Waals surface area contributed by atoms with Crippen molar-refractivity contribution in [3.05, 3.63) is 35.9 Å². The number of methoxy groups -OCH3 is 1. The zero-order valence-corrected chi connectivity index (χ0v) is 10.6. The summed E-state index contributed by atoms with van der Waals surface area (Å²) in [6.07, 6.45) is 3.43. The lowest BCUT2D eigenvalue weighted by molar-refractivity contribution is -0.125. The van der Waals surface area contributed by atoms with Crippen molar-refractivity contribution in [2.45, 2.75) is 13.8 Å². The highest BCUT2D eigenvalue weighted by Crippen LogP contribution is 2.12. The predicted octanol–water partition coefficient (Wildman–Crippen LogP) is 2.58. The van der Waals surface area contributed by atoms with Crippen molar-refractivity contribution in [3.63, 3.8) is 0 Å². The number of ether oxygens (including phenoxy) is 1. The summed E-state index contributed by atoms with van der Waals surface area (Å²) < 4.78 is 5.07. The number of hydrogen-bond donors (Lipinski definition) is 0. The first-order valence-corrected chi connectivity index (χ1v) is 5.82. The molecule has 3 heteroatoms. The van der Waals surface area contributed by atoms with E-state index in [0.717, 1.165) is 24.4 Å². The molecule has 0 radical (unpaired) electrons. The number of hydrogen-bond acceptors (Lipinski definition) is 2. The number of likely N-dealkylation sites (N-methyl/N-ethyl adjacent to an activating group) is 1. The smallest absolute Gasteiger partial charge is 0.246 e. The Balaban J connectivity index is 2.66. The molecule has 1 aromatic rings. The Kier molecular flexibility index (Phi) is 5.27. The molecule has 17 heavy (non-hydrogen) atoms. The standard InChI is InChI=1S/C14H19NO2/c1-4-15(5-2)14(16)11-8-12-6-9-13(17-3)10-7-12/h6-11H,4-5H2,1-3H3/b11-8+. The van der Waals surface area contributed by atoms with Gasteiger partial charge in [0.15, 0.2) is 0 Å². The van der Waals surface area contributed by atoms with Crippen LogP contribution in [0.1, 0.15) is 19.4 Å². The molecule has 0 bridgehead atoms. The molecule has 0 fully saturated rings. The summed E-state index contributed by atoms with van der Waals surface area (Å²) in [7, 11) is 1.63. The molecule has 0 aromatic heterocycles. The third kappa shape index (κ3) is 3.94. The fourth-order valence-corrected chi connectivity index (χ4v) is 1.52. The summed E-state index contributed by atoms with van der Waals surface area (Å²) in [5, 5.41) is 0. The Morgan fingerprint density at radius 3 is 2.29 bits per heavy atom. The average molecular weight is 233 g/mol. The zero-order chi connectivity index (χ0) is 12.7. The molecule has 0 spiro atoms. The maximum atomic E-state index is 11.7. The lowest BCUT2D eigenvalue weighted by Gasteiger charge is -2.15. The van der Waals surface area contributed by atoms with Gasteiger partial charge >= 0.3 is 0 Å². The van der Waals surface area contributed by atoms with Gasteiger partial charge in [-0.3, -0.25) is 4.79 Å². The van der Waals surface area contributed by atoms with Crippen LogP contribution in [-0.4, -0.2) is 31.0 Å². The van der Waals surface area contributed by atoms with Crippen molar-refractivity contribution in [3.8, 4) is 5.75 Å². The minimum absolute atomic E-state index is 0.0471. The van der Waals surface area contributed by atoms with Crippen molar-refractivity contribution < 1.29 is 9.53 Å². The minimum Gasteiger partial charge on any atom is -0.497 e. The van der Waals surface area contributed by atoms with Gasteiger partial charge < -0.3 is 9.64 Å². The van der Waals surface area contributed by atoms with Crippen LogP contribution in [-0.2, 0) is 4.79 Å². The lowest BCUT2D eigenvalue weighted by atomic mass is 10.2. The molecule has 1 rings (SSSR count). The van der Waals surface area contributed by atoms with Gasteiger partial charge in [0.25, 0.3) is 0 Å². The van der Waals surface area contributed by atoms with Crippen molar-refractivity contribution in [1.82, 2.24) is 4.90 Å². The molecule has 0 atom stereocenters. The van der Waals surface area contributed by atoms with Crippen LogP contribution in [0.3, 0.4) is 0 Å². The normalized spacial score (nSPS) is 10.5. The van der Waals surface area contributed by atoms with Crippen LogP contribution in [0.4, 0.5) is 0 Å². The number of nitrogens with zero attached hydrogens (tertiary/aromatic N) is 1. The van der Waals surface area contributed by atoms with Gasteiger partial charge in [-0.15, -0.1) is 0 Å². The van der Waals surface area contributed by atoms with E-state index in [9.17, 15) is 4.79 Å². The number of rotatable bonds is 5. The molecule has 1 aromatic carbocycles. The van der Waals surface area contributed by atoms with Gasteiger partial charge in [-0.2, -0.15) is 0 Å². The Labute approximate surface area is 103 Å². The van der Waals surface area contributed by atoms with Crippen LogP contribution in [0, 0.1) is 0 Å². The quantitative estimate of drug-likeness (QED) is 0.731. The lowest BCUT2D eigenvalue weighted by Crippen LogP contribution is -2.28. The molecule has 0 aliphatic carbocycles. The maximum Gasteiger partial charge on any atom is 0.246 e.